The summed E-state index contributed by atoms with van der Waals surface area (Å²) in [5.41, 5.74) is 6.82. The van der Waals surface area contributed by atoms with E-state index in [-0.39, 0.29) is 0 Å². The van der Waals surface area contributed by atoms with Crippen LogP contribution in [0.15, 0.2) is 104 Å². The Morgan fingerprint density at radius 2 is 1.25 bits per heavy atom. The van der Waals surface area contributed by atoms with Gasteiger partial charge in [0.1, 0.15) is 0 Å². The van der Waals surface area contributed by atoms with Crippen LogP contribution in [-0.4, -0.2) is 4.98 Å². The topological polar surface area (TPSA) is 19.0 Å². The molecule has 2 heteroatoms. The lowest BCUT2D eigenvalue weighted by atomic mass is 10.1. The van der Waals surface area contributed by atoms with E-state index in [0.717, 1.165) is 33.7 Å². The van der Waals surface area contributed by atoms with E-state index in [4.69, 9.17) is 0 Å². The molecule has 1 aromatic heterocycles. The van der Waals surface area contributed by atoms with Crippen LogP contribution in [0.25, 0.3) is 27.9 Å². The average Bonchev–Trinajstić information content (AvgIpc) is 3.13. The number of benzene rings is 4. The van der Waals surface area contributed by atoms with E-state index in [1.54, 1.807) is 0 Å². The van der Waals surface area contributed by atoms with Crippen LogP contribution in [0, 0.1) is 0 Å². The molecule has 0 aliphatic rings. The second-order valence-corrected chi connectivity index (χ2v) is 6.87. The highest BCUT2D eigenvalue weighted by Crippen LogP contribution is 2.37. The van der Waals surface area contributed by atoms with Gasteiger partial charge in [0.2, 0.25) is 0 Å². The van der Waals surface area contributed by atoms with Gasteiger partial charge in [0.25, 0.3) is 0 Å². The number of hydrogen-bond acceptors (Lipinski definition) is 1. The zero-order chi connectivity index (χ0) is 18.9. The number of rotatable bonds is 4. The molecule has 0 atom stereocenters. The van der Waals surface area contributed by atoms with E-state index in [1.165, 1.54) is 10.8 Å². The first kappa shape index (κ1) is 16.4. The zero-order valence-corrected chi connectivity index (χ0v) is 15.5. The average molecular weight is 360 g/mol. The first-order chi connectivity index (χ1) is 13.8. The third-order valence-electron chi connectivity index (χ3n) is 5.15. The molecule has 0 saturated heterocycles. The molecule has 0 aliphatic carbocycles. The van der Waals surface area contributed by atoms with Gasteiger partial charge in [0, 0.05) is 38.9 Å². The van der Waals surface area contributed by atoms with Gasteiger partial charge < -0.3 is 9.88 Å². The summed E-state index contributed by atoms with van der Waals surface area (Å²) in [7, 11) is 0. The summed E-state index contributed by atoms with van der Waals surface area (Å²) >= 11 is 0. The molecule has 1 heterocycles. The quantitative estimate of drug-likeness (QED) is 0.353. The van der Waals surface area contributed by atoms with Crippen molar-refractivity contribution < 1.29 is 0 Å². The fraction of sp³-hybridized carbons (Fsp3) is 0. The lowest BCUT2D eigenvalue weighted by Gasteiger charge is -2.25. The van der Waals surface area contributed by atoms with Crippen LogP contribution in [0.1, 0.15) is 5.56 Å². The molecule has 5 rings (SSSR count). The van der Waals surface area contributed by atoms with Crippen LogP contribution in [-0.2, 0) is 0 Å². The Hall–Kier alpha value is -3.78. The number of aromatic nitrogens is 1. The lowest BCUT2D eigenvalue weighted by molar-refractivity contribution is 1.29. The molecule has 28 heavy (non-hydrogen) atoms. The van der Waals surface area contributed by atoms with Crippen LogP contribution in [0.3, 0.4) is 0 Å². The maximum Gasteiger partial charge on any atom is 0.0469 e. The standard InChI is InChI=1S/C26H20N2/c1-2-19-12-14-21(15-13-19)28(20-8-4-3-5-9-20)22-16-17-26-24(18-22)23-10-6-7-11-25(23)27-26/h2-18,27H,1H2. The number of hydrogen-bond donors (Lipinski definition) is 1. The molecule has 1 N–H and O–H groups in total. The Bertz CT molecular complexity index is 1260. The minimum Gasteiger partial charge on any atom is -0.355 e. The second kappa shape index (κ2) is 6.75. The number of nitrogens with one attached hydrogen (secondary N) is 1. The number of H-pyrrole nitrogens is 1. The number of nitrogens with zero attached hydrogens (tertiary/aromatic N) is 1. The smallest absolute Gasteiger partial charge is 0.0469 e. The van der Waals surface area contributed by atoms with Crippen molar-refractivity contribution in [3.63, 3.8) is 0 Å². The molecule has 0 saturated carbocycles. The predicted molar refractivity (Wildman–Crippen MR) is 121 cm³/mol. The largest absolute Gasteiger partial charge is 0.355 e. The molecule has 5 aromatic rings. The van der Waals surface area contributed by atoms with Gasteiger partial charge in [-0.25, -0.2) is 0 Å². The number of aromatic amines is 1. The van der Waals surface area contributed by atoms with Crippen molar-refractivity contribution in [3.8, 4) is 0 Å². The fourth-order valence-corrected chi connectivity index (χ4v) is 3.76. The molecular weight excluding hydrogens is 340 g/mol. The molecule has 0 amide bonds. The highest BCUT2D eigenvalue weighted by Gasteiger charge is 2.14. The SMILES string of the molecule is C=Cc1ccc(N(c2ccccc2)c2ccc3[nH]c4ccccc4c3c2)cc1. The Morgan fingerprint density at radius 3 is 2.04 bits per heavy atom. The van der Waals surface area contributed by atoms with Crippen LogP contribution in [0.2, 0.25) is 0 Å². The minimum atomic E-state index is 1.11. The molecule has 4 aromatic carbocycles. The molecule has 0 radical (unpaired) electrons. The Balaban J connectivity index is 1.72. The van der Waals surface area contributed by atoms with Crippen LogP contribution in [0.5, 0.6) is 0 Å². The van der Waals surface area contributed by atoms with Crippen molar-refractivity contribution >= 4 is 44.9 Å². The number of fused-ring (bicyclic) bond motifs is 3. The fourth-order valence-electron chi connectivity index (χ4n) is 3.76. The zero-order valence-electron chi connectivity index (χ0n) is 15.5. The van der Waals surface area contributed by atoms with E-state index in [1.807, 2.05) is 12.1 Å². The molecule has 0 aliphatic heterocycles. The van der Waals surface area contributed by atoms with E-state index < -0.39 is 0 Å². The highest BCUT2D eigenvalue weighted by atomic mass is 15.1. The normalized spacial score (nSPS) is 11.0. The van der Waals surface area contributed by atoms with E-state index in [0.29, 0.717) is 0 Å². The van der Waals surface area contributed by atoms with Crippen molar-refractivity contribution in [2.24, 2.45) is 0 Å². The Morgan fingerprint density at radius 1 is 0.607 bits per heavy atom. The van der Waals surface area contributed by atoms with Crippen molar-refractivity contribution in [2.45, 2.75) is 0 Å². The maximum atomic E-state index is 3.86. The Kier molecular flexibility index (Phi) is 3.95. The van der Waals surface area contributed by atoms with Crippen molar-refractivity contribution in [2.75, 3.05) is 4.90 Å². The van der Waals surface area contributed by atoms with Gasteiger partial charge in [0.15, 0.2) is 0 Å². The van der Waals surface area contributed by atoms with Gasteiger partial charge >= 0.3 is 0 Å². The first-order valence-electron chi connectivity index (χ1n) is 9.42. The van der Waals surface area contributed by atoms with Gasteiger partial charge in [-0.15, -0.1) is 0 Å². The summed E-state index contributed by atoms with van der Waals surface area (Å²) in [5.74, 6) is 0. The Labute approximate surface area is 164 Å². The number of para-hydroxylation sites is 2. The minimum absolute atomic E-state index is 1.11. The summed E-state index contributed by atoms with van der Waals surface area (Å²) in [6.45, 7) is 3.86. The molecular formula is C26H20N2. The first-order valence-corrected chi connectivity index (χ1v) is 9.42. The van der Waals surface area contributed by atoms with Gasteiger partial charge in [-0.3, -0.25) is 0 Å². The second-order valence-electron chi connectivity index (χ2n) is 6.87. The third-order valence-corrected chi connectivity index (χ3v) is 5.15. The van der Waals surface area contributed by atoms with Crippen molar-refractivity contribution in [1.82, 2.24) is 4.98 Å². The summed E-state index contributed by atoms with van der Waals surface area (Å²) < 4.78 is 0. The molecule has 0 fully saturated rings. The van der Waals surface area contributed by atoms with E-state index in [2.05, 4.69) is 107 Å². The lowest BCUT2D eigenvalue weighted by Crippen LogP contribution is -2.09. The summed E-state index contributed by atoms with van der Waals surface area (Å²) in [6, 6.07) is 34.0. The monoisotopic (exact) mass is 360 g/mol. The maximum absolute atomic E-state index is 3.86. The third kappa shape index (κ3) is 2.76. The van der Waals surface area contributed by atoms with Crippen molar-refractivity contribution in [1.29, 1.82) is 0 Å². The number of anilines is 3. The molecule has 2 nitrogen and oxygen atoms in total. The summed E-state index contributed by atoms with van der Waals surface area (Å²) in [5, 5.41) is 2.48. The van der Waals surface area contributed by atoms with E-state index >= 15 is 0 Å². The van der Waals surface area contributed by atoms with Crippen LogP contribution < -0.4 is 4.90 Å². The predicted octanol–water partition coefficient (Wildman–Crippen LogP) is 7.43. The van der Waals surface area contributed by atoms with Crippen LogP contribution in [0.4, 0.5) is 17.1 Å². The molecule has 134 valence electrons. The van der Waals surface area contributed by atoms with Gasteiger partial charge in [-0.1, -0.05) is 61.2 Å². The van der Waals surface area contributed by atoms with Crippen LogP contribution >= 0.6 is 0 Å². The van der Waals surface area contributed by atoms with Gasteiger partial charge in [-0.2, -0.15) is 0 Å². The van der Waals surface area contributed by atoms with Gasteiger partial charge in [0.05, 0.1) is 0 Å². The van der Waals surface area contributed by atoms with Gasteiger partial charge in [-0.05, 0) is 54.1 Å². The van der Waals surface area contributed by atoms with Crippen molar-refractivity contribution in [3.05, 3.63) is 109 Å². The molecule has 0 bridgehead atoms. The molecule has 0 spiro atoms. The summed E-state index contributed by atoms with van der Waals surface area (Å²) in [6.07, 6.45) is 1.87. The van der Waals surface area contributed by atoms with E-state index in [9.17, 15) is 0 Å². The molecule has 0 unspecified atom stereocenters. The summed E-state index contributed by atoms with van der Waals surface area (Å²) in [4.78, 5) is 5.79. The highest BCUT2D eigenvalue weighted by molar-refractivity contribution is 6.08.